The minimum absolute atomic E-state index is 0.318. The Morgan fingerprint density at radius 3 is 2.26 bits per heavy atom. The minimum atomic E-state index is -3.56. The van der Waals surface area contributed by atoms with Crippen molar-refractivity contribution in [1.82, 2.24) is 14.9 Å². The minimum Gasteiger partial charge on any atom is -0.497 e. The second-order valence-corrected chi connectivity index (χ2v) is 7.35. The monoisotopic (exact) mass is 337 g/mol. The molecule has 0 saturated heterocycles. The smallest absolute Gasteiger partial charge is 0.241 e. The van der Waals surface area contributed by atoms with Crippen molar-refractivity contribution in [3.63, 3.8) is 0 Å². The van der Waals surface area contributed by atoms with Crippen molar-refractivity contribution >= 4 is 10.0 Å². The van der Waals surface area contributed by atoms with E-state index in [0.717, 1.165) is 17.0 Å². The van der Waals surface area contributed by atoms with E-state index in [1.165, 1.54) is 0 Å². The third-order valence-corrected chi connectivity index (χ3v) is 5.65. The van der Waals surface area contributed by atoms with E-state index in [1.54, 1.807) is 33.1 Å². The van der Waals surface area contributed by atoms with E-state index in [0.29, 0.717) is 34.7 Å². The van der Waals surface area contributed by atoms with Crippen molar-refractivity contribution in [2.45, 2.75) is 39.0 Å². The molecule has 0 aliphatic rings. The van der Waals surface area contributed by atoms with Gasteiger partial charge in [0.05, 0.1) is 17.7 Å². The van der Waals surface area contributed by atoms with E-state index < -0.39 is 10.0 Å². The molecule has 2 N–H and O–H groups in total. The molecule has 0 unspecified atom stereocenters. The quantitative estimate of drug-likeness (QED) is 0.846. The second kappa shape index (κ2) is 6.72. The van der Waals surface area contributed by atoms with Crippen LogP contribution < -0.4 is 9.46 Å². The second-order valence-electron chi connectivity index (χ2n) is 5.65. The van der Waals surface area contributed by atoms with Gasteiger partial charge in [0.15, 0.2) is 0 Å². The number of rotatable bonds is 6. The van der Waals surface area contributed by atoms with Crippen LogP contribution in [0.5, 0.6) is 5.75 Å². The van der Waals surface area contributed by atoms with Crippen LogP contribution in [0.2, 0.25) is 0 Å². The summed E-state index contributed by atoms with van der Waals surface area (Å²) in [4.78, 5) is 0.318. The van der Waals surface area contributed by atoms with E-state index in [1.807, 2.05) is 13.8 Å². The first-order valence-electron chi connectivity index (χ1n) is 7.41. The zero-order valence-electron chi connectivity index (χ0n) is 14.1. The summed E-state index contributed by atoms with van der Waals surface area (Å²) >= 11 is 0. The van der Waals surface area contributed by atoms with Crippen molar-refractivity contribution in [3.05, 3.63) is 40.2 Å². The zero-order valence-corrected chi connectivity index (χ0v) is 15.0. The fourth-order valence-electron chi connectivity index (χ4n) is 2.78. The fraction of sp³-hybridized carbons (Fsp3) is 0.438. The van der Waals surface area contributed by atoms with E-state index in [2.05, 4.69) is 14.9 Å². The highest BCUT2D eigenvalue weighted by Crippen LogP contribution is 2.25. The predicted octanol–water partition coefficient (Wildman–Crippen LogP) is 2.17. The maximum absolute atomic E-state index is 12.6. The van der Waals surface area contributed by atoms with Crippen LogP contribution in [0.1, 0.15) is 28.1 Å². The first-order valence-corrected chi connectivity index (χ1v) is 8.90. The van der Waals surface area contributed by atoms with Crippen molar-refractivity contribution < 1.29 is 13.2 Å². The molecule has 0 radical (unpaired) electrons. The maximum Gasteiger partial charge on any atom is 0.241 e. The lowest BCUT2D eigenvalue weighted by molar-refractivity contribution is 0.413. The number of benzene rings is 1. The van der Waals surface area contributed by atoms with E-state index >= 15 is 0 Å². The fourth-order valence-corrected chi connectivity index (χ4v) is 4.26. The molecular formula is C16H23N3O3S. The van der Waals surface area contributed by atoms with Gasteiger partial charge in [-0.3, -0.25) is 5.10 Å². The number of nitrogens with zero attached hydrogens (tertiary/aromatic N) is 1. The summed E-state index contributed by atoms with van der Waals surface area (Å²) in [5.41, 5.74) is 4.27. The van der Waals surface area contributed by atoms with E-state index in [4.69, 9.17) is 4.74 Å². The lowest BCUT2D eigenvalue weighted by Gasteiger charge is -2.13. The summed E-state index contributed by atoms with van der Waals surface area (Å²) in [5.74, 6) is 0.656. The van der Waals surface area contributed by atoms with Crippen LogP contribution in [0, 0.1) is 27.7 Å². The van der Waals surface area contributed by atoms with Crippen molar-refractivity contribution in [2.24, 2.45) is 0 Å². The number of aromatic nitrogens is 2. The van der Waals surface area contributed by atoms with Crippen LogP contribution in [-0.4, -0.2) is 32.3 Å². The number of ether oxygens (including phenoxy) is 1. The molecule has 2 aromatic rings. The number of hydrogen-bond acceptors (Lipinski definition) is 4. The van der Waals surface area contributed by atoms with E-state index in [9.17, 15) is 8.42 Å². The lowest BCUT2D eigenvalue weighted by Crippen LogP contribution is -2.27. The molecule has 126 valence electrons. The molecule has 2 rings (SSSR count). The summed E-state index contributed by atoms with van der Waals surface area (Å²) in [6, 6.07) is 3.46. The Balaban J connectivity index is 2.17. The van der Waals surface area contributed by atoms with Gasteiger partial charge in [0.2, 0.25) is 10.0 Å². The molecule has 0 aliphatic heterocycles. The summed E-state index contributed by atoms with van der Waals surface area (Å²) < 4.78 is 33.0. The molecule has 0 amide bonds. The van der Waals surface area contributed by atoms with Crippen molar-refractivity contribution in [2.75, 3.05) is 13.7 Å². The molecule has 7 heteroatoms. The third kappa shape index (κ3) is 3.73. The highest BCUT2D eigenvalue weighted by atomic mass is 32.2. The molecular weight excluding hydrogens is 314 g/mol. The number of methoxy groups -OCH3 is 1. The van der Waals surface area contributed by atoms with Gasteiger partial charge in [-0.1, -0.05) is 0 Å². The van der Waals surface area contributed by atoms with Gasteiger partial charge in [-0.25, -0.2) is 13.1 Å². The van der Waals surface area contributed by atoms with Crippen LogP contribution >= 0.6 is 0 Å². The van der Waals surface area contributed by atoms with Gasteiger partial charge in [-0.05, 0) is 62.9 Å². The van der Waals surface area contributed by atoms with Crippen LogP contribution in [0.4, 0.5) is 0 Å². The van der Waals surface area contributed by atoms with Crippen LogP contribution in [0.15, 0.2) is 17.0 Å². The number of H-pyrrole nitrogens is 1. The Morgan fingerprint density at radius 2 is 1.78 bits per heavy atom. The van der Waals surface area contributed by atoms with Gasteiger partial charge in [0.25, 0.3) is 0 Å². The van der Waals surface area contributed by atoms with Crippen molar-refractivity contribution in [1.29, 1.82) is 0 Å². The zero-order chi connectivity index (χ0) is 17.2. The molecule has 0 aliphatic carbocycles. The molecule has 1 aromatic carbocycles. The van der Waals surface area contributed by atoms with Crippen LogP contribution in [0.3, 0.4) is 0 Å². The predicted molar refractivity (Wildman–Crippen MR) is 89.4 cm³/mol. The Kier molecular flexibility index (Phi) is 5.11. The van der Waals surface area contributed by atoms with Gasteiger partial charge in [-0.15, -0.1) is 0 Å². The Morgan fingerprint density at radius 1 is 1.17 bits per heavy atom. The first-order chi connectivity index (χ1) is 10.8. The van der Waals surface area contributed by atoms with Gasteiger partial charge in [0.1, 0.15) is 5.75 Å². The summed E-state index contributed by atoms with van der Waals surface area (Å²) in [6.45, 7) is 7.71. The number of aromatic amines is 1. The summed E-state index contributed by atoms with van der Waals surface area (Å²) in [6.07, 6.45) is 0.599. The van der Waals surface area contributed by atoms with Crippen molar-refractivity contribution in [3.8, 4) is 5.75 Å². The molecule has 1 heterocycles. The van der Waals surface area contributed by atoms with Crippen LogP contribution in [-0.2, 0) is 16.4 Å². The number of sulfonamides is 1. The Labute approximate surface area is 137 Å². The number of nitrogens with one attached hydrogen (secondary N) is 2. The first kappa shape index (κ1) is 17.5. The normalized spacial score (nSPS) is 11.7. The average Bonchev–Trinajstić information content (AvgIpc) is 2.77. The summed E-state index contributed by atoms with van der Waals surface area (Å²) in [7, 11) is -2.00. The van der Waals surface area contributed by atoms with Gasteiger partial charge in [0, 0.05) is 12.2 Å². The average molecular weight is 337 g/mol. The Bertz CT molecular complexity index is 767. The van der Waals surface area contributed by atoms with Gasteiger partial charge in [-0.2, -0.15) is 5.10 Å². The molecule has 6 nitrogen and oxygen atoms in total. The Hall–Kier alpha value is -1.86. The molecule has 0 fully saturated rings. The van der Waals surface area contributed by atoms with Gasteiger partial charge >= 0.3 is 0 Å². The molecule has 1 aromatic heterocycles. The molecule has 0 atom stereocenters. The standard InChI is InChI=1S/C16H23N3O3S/c1-10-8-14(22-5)9-11(2)16(10)23(20,21)17-7-6-15-12(3)18-19-13(15)4/h8-9,17H,6-7H2,1-5H3,(H,18,19). The highest BCUT2D eigenvalue weighted by Gasteiger charge is 2.20. The van der Waals surface area contributed by atoms with Gasteiger partial charge < -0.3 is 4.74 Å². The summed E-state index contributed by atoms with van der Waals surface area (Å²) in [5, 5.41) is 7.03. The third-order valence-electron chi connectivity index (χ3n) is 3.89. The number of hydrogen-bond donors (Lipinski definition) is 2. The molecule has 0 saturated carbocycles. The lowest BCUT2D eigenvalue weighted by atomic mass is 10.1. The highest BCUT2D eigenvalue weighted by molar-refractivity contribution is 7.89. The SMILES string of the molecule is COc1cc(C)c(S(=O)(=O)NCCc2c(C)n[nH]c2C)c(C)c1. The van der Waals surface area contributed by atoms with Crippen LogP contribution in [0.25, 0.3) is 0 Å². The molecule has 23 heavy (non-hydrogen) atoms. The topological polar surface area (TPSA) is 84.1 Å². The molecule has 0 spiro atoms. The van der Waals surface area contributed by atoms with E-state index in [-0.39, 0.29) is 0 Å². The molecule has 0 bridgehead atoms. The maximum atomic E-state index is 12.6. The number of aryl methyl sites for hydroxylation is 4. The largest absolute Gasteiger partial charge is 0.497 e.